The van der Waals surface area contributed by atoms with E-state index < -0.39 is 0 Å². The zero-order valence-corrected chi connectivity index (χ0v) is 13.6. The van der Waals surface area contributed by atoms with Gasteiger partial charge in [-0.3, -0.25) is 4.79 Å². The smallest absolute Gasteiger partial charge is 0.275 e. The number of rotatable bonds is 4. The number of hydrogen-bond acceptors (Lipinski definition) is 2. The highest BCUT2D eigenvalue weighted by molar-refractivity contribution is 6.30. The first-order valence-corrected chi connectivity index (χ1v) is 7.90. The van der Waals surface area contributed by atoms with Gasteiger partial charge in [-0.1, -0.05) is 53.6 Å². The maximum absolute atomic E-state index is 12.0. The highest BCUT2D eigenvalue weighted by atomic mass is 35.5. The van der Waals surface area contributed by atoms with Gasteiger partial charge in [-0.15, -0.1) is 0 Å². The minimum atomic E-state index is -0.154. The number of carbonyl (C=O) groups excluding carboxylic acids is 1. The number of nitrogens with zero attached hydrogens (tertiary/aromatic N) is 1. The monoisotopic (exact) mass is 324 g/mol. The molecule has 0 fully saturated rings. The lowest BCUT2D eigenvalue weighted by atomic mass is 10.1. The van der Waals surface area contributed by atoms with Crippen molar-refractivity contribution < 1.29 is 4.79 Å². The number of aliphatic imine (C=N–C) groups is 1. The minimum absolute atomic E-state index is 0.154. The van der Waals surface area contributed by atoms with Crippen molar-refractivity contribution in [2.75, 3.05) is 0 Å². The van der Waals surface area contributed by atoms with Crippen LogP contribution in [0.3, 0.4) is 0 Å². The minimum Gasteiger partial charge on any atom is -0.309 e. The Bertz CT molecular complexity index is 791. The fraction of sp³-hybridized carbons (Fsp3) is 0.158. The van der Waals surface area contributed by atoms with Crippen LogP contribution in [0.25, 0.3) is 6.08 Å². The van der Waals surface area contributed by atoms with Crippen LogP contribution >= 0.6 is 11.6 Å². The third-order valence-corrected chi connectivity index (χ3v) is 3.90. The SMILES string of the molecule is Cc1cccc(CCC2=N/C(=C/c3ccc(Cl)cc3)C(=O)N2)c1. The van der Waals surface area contributed by atoms with Gasteiger partial charge in [0.25, 0.3) is 5.91 Å². The topological polar surface area (TPSA) is 41.5 Å². The van der Waals surface area contributed by atoms with Crippen LogP contribution in [0, 0.1) is 6.92 Å². The van der Waals surface area contributed by atoms with Crippen molar-refractivity contribution in [2.45, 2.75) is 19.8 Å². The molecule has 1 amide bonds. The summed E-state index contributed by atoms with van der Waals surface area (Å²) in [5.74, 6) is 0.566. The van der Waals surface area contributed by atoms with E-state index in [0.29, 0.717) is 17.1 Å². The summed E-state index contributed by atoms with van der Waals surface area (Å²) in [5.41, 5.74) is 3.83. The summed E-state index contributed by atoms with van der Waals surface area (Å²) in [6, 6.07) is 15.7. The summed E-state index contributed by atoms with van der Waals surface area (Å²) >= 11 is 5.86. The average molecular weight is 325 g/mol. The van der Waals surface area contributed by atoms with Crippen molar-refractivity contribution >= 4 is 29.4 Å². The summed E-state index contributed by atoms with van der Waals surface area (Å²) in [6.45, 7) is 2.07. The largest absolute Gasteiger partial charge is 0.309 e. The lowest BCUT2D eigenvalue weighted by Crippen LogP contribution is -2.24. The number of aryl methyl sites for hydroxylation is 2. The molecule has 1 N–H and O–H groups in total. The molecule has 1 aliphatic heterocycles. The Labute approximate surface area is 140 Å². The van der Waals surface area contributed by atoms with Gasteiger partial charge in [0.15, 0.2) is 0 Å². The van der Waals surface area contributed by atoms with Gasteiger partial charge in [0.2, 0.25) is 0 Å². The second-order valence-electron chi connectivity index (χ2n) is 5.58. The van der Waals surface area contributed by atoms with Crippen LogP contribution in [0.5, 0.6) is 0 Å². The number of amides is 1. The molecule has 0 aromatic heterocycles. The van der Waals surface area contributed by atoms with Gasteiger partial charge in [0.1, 0.15) is 11.5 Å². The van der Waals surface area contributed by atoms with Gasteiger partial charge in [-0.25, -0.2) is 4.99 Å². The van der Waals surface area contributed by atoms with Gasteiger partial charge >= 0.3 is 0 Å². The predicted molar refractivity (Wildman–Crippen MR) is 94.5 cm³/mol. The molecule has 0 atom stereocenters. The van der Waals surface area contributed by atoms with Crippen LogP contribution < -0.4 is 5.32 Å². The van der Waals surface area contributed by atoms with Crippen molar-refractivity contribution in [1.82, 2.24) is 5.32 Å². The molecule has 0 aliphatic carbocycles. The molecule has 0 unspecified atom stereocenters. The summed E-state index contributed by atoms with van der Waals surface area (Å²) in [6.07, 6.45) is 3.34. The molecule has 2 aromatic rings. The highest BCUT2D eigenvalue weighted by Crippen LogP contribution is 2.16. The molecule has 2 aromatic carbocycles. The Balaban J connectivity index is 1.70. The third kappa shape index (κ3) is 4.08. The van der Waals surface area contributed by atoms with E-state index in [1.165, 1.54) is 11.1 Å². The molecule has 1 heterocycles. The predicted octanol–water partition coefficient (Wildman–Crippen LogP) is 4.15. The first-order chi connectivity index (χ1) is 11.1. The summed E-state index contributed by atoms with van der Waals surface area (Å²) in [7, 11) is 0. The summed E-state index contributed by atoms with van der Waals surface area (Å²) in [5, 5.41) is 3.51. The van der Waals surface area contributed by atoms with Crippen LogP contribution in [-0.4, -0.2) is 11.7 Å². The number of carbonyl (C=O) groups is 1. The van der Waals surface area contributed by atoms with Crippen molar-refractivity contribution in [3.05, 3.63) is 75.9 Å². The number of amidine groups is 1. The third-order valence-electron chi connectivity index (χ3n) is 3.65. The molecule has 0 saturated carbocycles. The average Bonchev–Trinajstić information content (AvgIpc) is 2.88. The molecule has 0 bridgehead atoms. The Morgan fingerprint density at radius 2 is 1.91 bits per heavy atom. The highest BCUT2D eigenvalue weighted by Gasteiger charge is 2.19. The Kier molecular flexibility index (Phi) is 4.58. The number of halogens is 1. The molecular formula is C19H17ClN2O. The molecule has 1 aliphatic rings. The quantitative estimate of drug-likeness (QED) is 0.843. The molecule has 0 saturated heterocycles. The Morgan fingerprint density at radius 3 is 2.65 bits per heavy atom. The fourth-order valence-corrected chi connectivity index (χ4v) is 2.61. The van der Waals surface area contributed by atoms with Gasteiger partial charge in [0.05, 0.1) is 0 Å². The van der Waals surface area contributed by atoms with Crippen molar-refractivity contribution in [2.24, 2.45) is 4.99 Å². The molecule has 0 spiro atoms. The molecule has 23 heavy (non-hydrogen) atoms. The molecule has 3 nitrogen and oxygen atoms in total. The fourth-order valence-electron chi connectivity index (χ4n) is 2.48. The molecular weight excluding hydrogens is 308 g/mol. The van der Waals surface area contributed by atoms with E-state index in [1.54, 1.807) is 18.2 Å². The standard InChI is InChI=1S/C19H17ClN2O/c1-13-3-2-4-14(11-13)7-10-18-21-17(19(23)22-18)12-15-5-8-16(20)9-6-15/h2-6,8-9,11-12H,7,10H2,1H3,(H,21,22,23)/b17-12+. The molecule has 116 valence electrons. The second kappa shape index (κ2) is 6.80. The van der Waals surface area contributed by atoms with Crippen molar-refractivity contribution in [1.29, 1.82) is 0 Å². The van der Waals surface area contributed by atoms with E-state index in [1.807, 2.05) is 18.2 Å². The zero-order valence-electron chi connectivity index (χ0n) is 12.8. The van der Waals surface area contributed by atoms with E-state index in [4.69, 9.17) is 11.6 Å². The normalized spacial score (nSPS) is 15.7. The van der Waals surface area contributed by atoms with Crippen LogP contribution in [0.2, 0.25) is 5.02 Å². The summed E-state index contributed by atoms with van der Waals surface area (Å²) < 4.78 is 0. The van der Waals surface area contributed by atoms with Crippen LogP contribution in [0.15, 0.2) is 59.2 Å². The lowest BCUT2D eigenvalue weighted by Gasteiger charge is -2.02. The number of hydrogen-bond donors (Lipinski definition) is 1. The van der Waals surface area contributed by atoms with Gasteiger partial charge in [-0.05, 0) is 42.7 Å². The Morgan fingerprint density at radius 1 is 1.13 bits per heavy atom. The van der Waals surface area contributed by atoms with E-state index in [2.05, 4.69) is 35.4 Å². The maximum atomic E-state index is 12.0. The van der Waals surface area contributed by atoms with Crippen LogP contribution in [0.4, 0.5) is 0 Å². The van der Waals surface area contributed by atoms with Crippen LogP contribution in [-0.2, 0) is 11.2 Å². The van der Waals surface area contributed by atoms with E-state index in [0.717, 1.165) is 17.8 Å². The first kappa shape index (κ1) is 15.5. The molecule has 4 heteroatoms. The van der Waals surface area contributed by atoms with Gasteiger partial charge in [-0.2, -0.15) is 0 Å². The van der Waals surface area contributed by atoms with E-state index in [9.17, 15) is 4.79 Å². The van der Waals surface area contributed by atoms with Crippen LogP contribution in [0.1, 0.15) is 23.1 Å². The van der Waals surface area contributed by atoms with E-state index in [-0.39, 0.29) is 5.91 Å². The van der Waals surface area contributed by atoms with Gasteiger partial charge < -0.3 is 5.32 Å². The van der Waals surface area contributed by atoms with E-state index >= 15 is 0 Å². The van der Waals surface area contributed by atoms with Crippen molar-refractivity contribution in [3.63, 3.8) is 0 Å². The number of nitrogens with one attached hydrogen (secondary N) is 1. The lowest BCUT2D eigenvalue weighted by molar-refractivity contribution is -0.115. The van der Waals surface area contributed by atoms with Gasteiger partial charge in [0, 0.05) is 11.4 Å². The Hall–Kier alpha value is -2.39. The maximum Gasteiger partial charge on any atom is 0.275 e. The first-order valence-electron chi connectivity index (χ1n) is 7.52. The molecule has 0 radical (unpaired) electrons. The number of benzene rings is 2. The molecule has 3 rings (SSSR count). The zero-order chi connectivity index (χ0) is 16.2. The second-order valence-corrected chi connectivity index (χ2v) is 6.02. The summed E-state index contributed by atoms with van der Waals surface area (Å²) in [4.78, 5) is 16.4. The van der Waals surface area contributed by atoms with Crippen molar-refractivity contribution in [3.8, 4) is 0 Å².